The molecule has 1 amide bonds. The maximum absolute atomic E-state index is 11.8. The van der Waals surface area contributed by atoms with E-state index in [9.17, 15) is 14.7 Å². The van der Waals surface area contributed by atoms with Gasteiger partial charge in [0.25, 0.3) is 5.91 Å². The van der Waals surface area contributed by atoms with Gasteiger partial charge >= 0.3 is 5.97 Å². The van der Waals surface area contributed by atoms with Crippen LogP contribution in [0.3, 0.4) is 0 Å². The molecule has 5 nitrogen and oxygen atoms in total. The van der Waals surface area contributed by atoms with E-state index in [1.54, 1.807) is 12.1 Å². The van der Waals surface area contributed by atoms with Crippen molar-refractivity contribution < 1.29 is 19.4 Å². The van der Waals surface area contributed by atoms with Gasteiger partial charge in [-0.05, 0) is 42.3 Å². The van der Waals surface area contributed by atoms with E-state index in [-0.39, 0.29) is 16.3 Å². The van der Waals surface area contributed by atoms with Crippen LogP contribution in [-0.4, -0.2) is 30.1 Å². The second-order valence-electron chi connectivity index (χ2n) is 4.96. The summed E-state index contributed by atoms with van der Waals surface area (Å²) in [6.07, 6.45) is 0.631. The Morgan fingerprint density at radius 3 is 2.42 bits per heavy atom. The zero-order valence-corrected chi connectivity index (χ0v) is 14.1. The number of esters is 1. The highest BCUT2D eigenvalue weighted by Gasteiger charge is 2.14. The number of halogens is 2. The predicted molar refractivity (Wildman–Crippen MR) is 91.6 cm³/mol. The topological polar surface area (TPSA) is 75.6 Å². The third-order valence-electron chi connectivity index (χ3n) is 3.16. The third-order valence-corrected chi connectivity index (χ3v) is 3.65. The van der Waals surface area contributed by atoms with Gasteiger partial charge in [-0.2, -0.15) is 0 Å². The summed E-state index contributed by atoms with van der Waals surface area (Å²) in [5, 5.41) is 13.2. The minimum Gasteiger partial charge on any atom is -0.507 e. The van der Waals surface area contributed by atoms with E-state index in [0.29, 0.717) is 18.0 Å². The first-order valence-electron chi connectivity index (χ1n) is 7.12. The molecule has 0 aromatic heterocycles. The van der Waals surface area contributed by atoms with Gasteiger partial charge in [0, 0.05) is 16.6 Å². The molecule has 0 atom stereocenters. The third kappa shape index (κ3) is 5.44. The molecule has 0 bridgehead atoms. The number of aromatic hydroxyl groups is 1. The summed E-state index contributed by atoms with van der Waals surface area (Å²) in [5.41, 5.74) is 0.942. The van der Waals surface area contributed by atoms with Crippen LogP contribution in [0, 0.1) is 0 Å². The fourth-order valence-electron chi connectivity index (χ4n) is 1.93. The average Bonchev–Trinajstić information content (AvgIpc) is 2.56. The van der Waals surface area contributed by atoms with E-state index in [2.05, 4.69) is 5.32 Å². The molecule has 2 N–H and O–H groups in total. The number of carbonyl (C=O) groups is 2. The normalized spacial score (nSPS) is 10.2. The molecule has 2 aromatic rings. The molecule has 0 heterocycles. The first kappa shape index (κ1) is 18.1. The number of carbonyl (C=O) groups excluding carboxylic acids is 2. The van der Waals surface area contributed by atoms with Gasteiger partial charge in [0.15, 0.2) is 6.61 Å². The van der Waals surface area contributed by atoms with Crippen LogP contribution in [0.5, 0.6) is 5.75 Å². The van der Waals surface area contributed by atoms with Crippen LogP contribution in [0.2, 0.25) is 10.0 Å². The number of phenolic OH excluding ortho intramolecular Hbond substituents is 1. The minimum absolute atomic E-state index is 0.0866. The fourth-order valence-corrected chi connectivity index (χ4v) is 2.23. The highest BCUT2D eigenvalue weighted by atomic mass is 35.5. The highest BCUT2D eigenvalue weighted by Crippen LogP contribution is 2.22. The molecule has 0 aliphatic carbocycles. The van der Waals surface area contributed by atoms with Crippen molar-refractivity contribution in [1.29, 1.82) is 0 Å². The lowest BCUT2D eigenvalue weighted by molar-refractivity contribution is -0.124. The number of nitrogens with one attached hydrogen (secondary N) is 1. The fraction of sp³-hybridized carbons (Fsp3) is 0.176. The van der Waals surface area contributed by atoms with Crippen LogP contribution in [0.4, 0.5) is 0 Å². The van der Waals surface area contributed by atoms with Crippen LogP contribution in [-0.2, 0) is 16.0 Å². The summed E-state index contributed by atoms with van der Waals surface area (Å²) in [6.45, 7) is -0.0359. The van der Waals surface area contributed by atoms with E-state index in [0.717, 1.165) is 5.56 Å². The zero-order valence-electron chi connectivity index (χ0n) is 12.6. The number of hydrogen-bond donors (Lipinski definition) is 2. The molecule has 0 fully saturated rings. The van der Waals surface area contributed by atoms with Crippen molar-refractivity contribution in [2.45, 2.75) is 6.42 Å². The molecular formula is C17H15Cl2NO4. The van der Waals surface area contributed by atoms with Crippen molar-refractivity contribution in [2.75, 3.05) is 13.2 Å². The molecule has 0 aliphatic heterocycles. The van der Waals surface area contributed by atoms with E-state index in [1.165, 1.54) is 18.2 Å². The van der Waals surface area contributed by atoms with Gasteiger partial charge in [-0.25, -0.2) is 4.79 Å². The quantitative estimate of drug-likeness (QED) is 0.768. The Morgan fingerprint density at radius 2 is 1.71 bits per heavy atom. The van der Waals surface area contributed by atoms with Crippen LogP contribution >= 0.6 is 23.2 Å². The molecule has 0 saturated carbocycles. The number of hydrogen-bond acceptors (Lipinski definition) is 4. The monoisotopic (exact) mass is 367 g/mol. The van der Waals surface area contributed by atoms with Crippen molar-refractivity contribution >= 4 is 35.1 Å². The van der Waals surface area contributed by atoms with Crippen molar-refractivity contribution in [2.24, 2.45) is 0 Å². The molecule has 7 heteroatoms. The average molecular weight is 368 g/mol. The first-order valence-corrected chi connectivity index (χ1v) is 7.88. The predicted octanol–water partition coefficient (Wildman–Crippen LogP) is 3.21. The number of phenols is 1. The summed E-state index contributed by atoms with van der Waals surface area (Å²) in [5.74, 6) is -1.51. The Balaban J connectivity index is 1.75. The van der Waals surface area contributed by atoms with Gasteiger partial charge in [-0.15, -0.1) is 0 Å². The summed E-state index contributed by atoms with van der Waals surface area (Å²) in [6, 6.07) is 11.3. The Morgan fingerprint density at radius 1 is 1.04 bits per heavy atom. The Hall–Kier alpha value is -2.24. The lowest BCUT2D eigenvalue weighted by Crippen LogP contribution is -2.30. The van der Waals surface area contributed by atoms with Gasteiger partial charge in [0.1, 0.15) is 11.3 Å². The maximum atomic E-state index is 11.8. The number of amides is 1. The van der Waals surface area contributed by atoms with E-state index in [4.69, 9.17) is 27.9 Å². The molecular weight excluding hydrogens is 353 g/mol. The van der Waals surface area contributed by atoms with E-state index in [1.807, 2.05) is 12.1 Å². The number of ether oxygens (including phenoxy) is 1. The molecule has 2 rings (SSSR count). The molecule has 126 valence electrons. The van der Waals surface area contributed by atoms with Crippen molar-refractivity contribution in [1.82, 2.24) is 5.32 Å². The summed E-state index contributed by atoms with van der Waals surface area (Å²) in [4.78, 5) is 23.5. The van der Waals surface area contributed by atoms with Crippen LogP contribution in [0.15, 0.2) is 42.5 Å². The molecule has 0 spiro atoms. The van der Waals surface area contributed by atoms with Crippen LogP contribution in [0.1, 0.15) is 15.9 Å². The lowest BCUT2D eigenvalue weighted by atomic mass is 10.1. The van der Waals surface area contributed by atoms with Gasteiger partial charge in [0.2, 0.25) is 0 Å². The molecule has 0 unspecified atom stereocenters. The van der Waals surface area contributed by atoms with Gasteiger partial charge in [0.05, 0.1) is 0 Å². The second kappa shape index (κ2) is 8.57. The largest absolute Gasteiger partial charge is 0.507 e. The maximum Gasteiger partial charge on any atom is 0.342 e. The number of benzene rings is 2. The van der Waals surface area contributed by atoms with Gasteiger partial charge < -0.3 is 15.2 Å². The lowest BCUT2D eigenvalue weighted by Gasteiger charge is -2.08. The van der Waals surface area contributed by atoms with Crippen molar-refractivity contribution in [3.8, 4) is 5.75 Å². The molecule has 0 aliphatic rings. The highest BCUT2D eigenvalue weighted by molar-refractivity contribution is 6.31. The van der Waals surface area contributed by atoms with Gasteiger partial charge in [-0.1, -0.05) is 35.3 Å². The summed E-state index contributed by atoms with van der Waals surface area (Å²) in [7, 11) is 0. The van der Waals surface area contributed by atoms with Crippen LogP contribution in [0.25, 0.3) is 0 Å². The number of rotatable bonds is 6. The van der Waals surface area contributed by atoms with E-state index < -0.39 is 18.5 Å². The molecule has 2 aromatic carbocycles. The van der Waals surface area contributed by atoms with Crippen molar-refractivity contribution in [3.05, 3.63) is 63.6 Å². The smallest absolute Gasteiger partial charge is 0.342 e. The molecule has 24 heavy (non-hydrogen) atoms. The summed E-state index contributed by atoms with van der Waals surface area (Å²) >= 11 is 11.5. The molecule has 0 radical (unpaired) electrons. The Labute approximate surface area is 149 Å². The minimum atomic E-state index is -0.817. The van der Waals surface area contributed by atoms with Crippen molar-refractivity contribution in [3.63, 3.8) is 0 Å². The summed E-state index contributed by atoms with van der Waals surface area (Å²) < 4.78 is 4.86. The Bertz CT molecular complexity index is 732. The molecule has 0 saturated heterocycles. The van der Waals surface area contributed by atoms with Crippen LogP contribution < -0.4 is 5.32 Å². The standard InChI is InChI=1S/C17H15Cl2NO4/c18-12-3-1-11(2-4-12)7-8-20-16(22)10-24-17(23)14-9-13(19)5-6-15(14)21/h1-6,9,21H,7-8,10H2,(H,20,22). The van der Waals surface area contributed by atoms with Gasteiger partial charge in [-0.3, -0.25) is 4.79 Å². The Kier molecular flexibility index (Phi) is 6.46. The SMILES string of the molecule is O=C(COC(=O)c1cc(Cl)ccc1O)NCCc1ccc(Cl)cc1. The first-order chi connectivity index (χ1) is 11.5. The second-order valence-corrected chi connectivity index (χ2v) is 5.84. The zero-order chi connectivity index (χ0) is 17.5. The van der Waals surface area contributed by atoms with E-state index >= 15 is 0 Å².